The van der Waals surface area contributed by atoms with E-state index in [1.165, 1.54) is 71.1 Å². The fourth-order valence-electron chi connectivity index (χ4n) is 4.90. The topological polar surface area (TPSA) is 15.3 Å². The first-order valence-corrected chi connectivity index (χ1v) is 9.50. The predicted molar refractivity (Wildman–Crippen MR) is 92.7 cm³/mol. The van der Waals surface area contributed by atoms with E-state index >= 15 is 0 Å². The molecule has 2 unspecified atom stereocenters. The number of rotatable bonds is 7. The highest BCUT2D eigenvalue weighted by molar-refractivity contribution is 4.91. The summed E-state index contributed by atoms with van der Waals surface area (Å²) >= 11 is 0. The molecule has 2 nitrogen and oxygen atoms in total. The second-order valence-electron chi connectivity index (χ2n) is 8.37. The van der Waals surface area contributed by atoms with Gasteiger partial charge in [-0.1, -0.05) is 40.5 Å². The molecule has 2 aliphatic rings. The lowest BCUT2D eigenvalue weighted by Gasteiger charge is -2.42. The van der Waals surface area contributed by atoms with Gasteiger partial charge < -0.3 is 10.2 Å². The molecule has 0 bridgehead atoms. The van der Waals surface area contributed by atoms with E-state index in [2.05, 4.69) is 37.9 Å². The van der Waals surface area contributed by atoms with E-state index in [9.17, 15) is 0 Å². The number of likely N-dealkylation sites (tertiary alicyclic amines) is 1. The fourth-order valence-corrected chi connectivity index (χ4v) is 4.90. The molecule has 1 aliphatic carbocycles. The largest absolute Gasteiger partial charge is 0.314 e. The molecule has 2 rings (SSSR count). The van der Waals surface area contributed by atoms with Crippen LogP contribution in [0.2, 0.25) is 0 Å². The van der Waals surface area contributed by atoms with Crippen molar-refractivity contribution in [1.82, 2.24) is 10.2 Å². The molecule has 0 aromatic carbocycles. The minimum Gasteiger partial charge on any atom is -0.314 e. The summed E-state index contributed by atoms with van der Waals surface area (Å²) < 4.78 is 0. The van der Waals surface area contributed by atoms with Crippen LogP contribution >= 0.6 is 0 Å². The minimum atomic E-state index is 0.650. The Morgan fingerprint density at radius 3 is 2.52 bits per heavy atom. The van der Waals surface area contributed by atoms with Crippen molar-refractivity contribution in [3.05, 3.63) is 0 Å². The number of hydrogen-bond donors (Lipinski definition) is 1. The van der Waals surface area contributed by atoms with Gasteiger partial charge in [-0.05, 0) is 62.4 Å². The van der Waals surface area contributed by atoms with Crippen molar-refractivity contribution >= 4 is 0 Å². The molecule has 0 aromatic heterocycles. The summed E-state index contributed by atoms with van der Waals surface area (Å²) in [5.41, 5.74) is 0.650. The summed E-state index contributed by atoms with van der Waals surface area (Å²) in [6, 6.07) is 0.755. The Morgan fingerprint density at radius 1 is 1.24 bits per heavy atom. The summed E-state index contributed by atoms with van der Waals surface area (Å²) in [5, 5.41) is 3.75. The van der Waals surface area contributed by atoms with E-state index in [0.717, 1.165) is 17.9 Å². The van der Waals surface area contributed by atoms with Crippen LogP contribution in [0.4, 0.5) is 0 Å². The molecule has 1 saturated heterocycles. The Bertz CT molecular complexity index is 294. The zero-order chi connectivity index (χ0) is 15.3. The van der Waals surface area contributed by atoms with Gasteiger partial charge in [0, 0.05) is 19.1 Å². The van der Waals surface area contributed by atoms with E-state index in [1.54, 1.807) is 0 Å². The van der Waals surface area contributed by atoms with Gasteiger partial charge in [0.25, 0.3) is 0 Å². The van der Waals surface area contributed by atoms with Crippen LogP contribution < -0.4 is 5.32 Å². The number of nitrogens with one attached hydrogen (secondary N) is 1. The van der Waals surface area contributed by atoms with E-state index in [0.29, 0.717) is 5.41 Å². The van der Waals surface area contributed by atoms with Gasteiger partial charge in [-0.25, -0.2) is 0 Å². The highest BCUT2D eigenvalue weighted by Crippen LogP contribution is 2.44. The number of piperidine rings is 1. The molecule has 0 spiro atoms. The van der Waals surface area contributed by atoms with Gasteiger partial charge in [0.05, 0.1) is 0 Å². The van der Waals surface area contributed by atoms with E-state index < -0.39 is 0 Å². The van der Waals surface area contributed by atoms with Gasteiger partial charge in [0.15, 0.2) is 0 Å². The maximum Gasteiger partial charge on any atom is 0.0117 e. The summed E-state index contributed by atoms with van der Waals surface area (Å²) in [5.74, 6) is 1.66. The first kappa shape index (κ1) is 17.3. The van der Waals surface area contributed by atoms with Gasteiger partial charge in [-0.15, -0.1) is 0 Å². The Hall–Kier alpha value is -0.0800. The van der Waals surface area contributed by atoms with Gasteiger partial charge in [-0.2, -0.15) is 0 Å². The molecule has 0 aromatic rings. The van der Waals surface area contributed by atoms with Crippen LogP contribution in [0.5, 0.6) is 0 Å². The van der Waals surface area contributed by atoms with Crippen molar-refractivity contribution in [2.24, 2.45) is 17.3 Å². The van der Waals surface area contributed by atoms with Crippen LogP contribution in [0, 0.1) is 17.3 Å². The van der Waals surface area contributed by atoms with Gasteiger partial charge in [0.1, 0.15) is 0 Å². The smallest absolute Gasteiger partial charge is 0.0117 e. The number of nitrogens with zero attached hydrogens (tertiary/aromatic N) is 1. The van der Waals surface area contributed by atoms with Crippen molar-refractivity contribution in [3.63, 3.8) is 0 Å². The molecule has 1 heterocycles. The van der Waals surface area contributed by atoms with Crippen LogP contribution in [0.25, 0.3) is 0 Å². The predicted octanol–water partition coefficient (Wildman–Crippen LogP) is 4.30. The van der Waals surface area contributed by atoms with Crippen molar-refractivity contribution < 1.29 is 0 Å². The molecular formula is C19H38N2. The van der Waals surface area contributed by atoms with Crippen LogP contribution in [0.15, 0.2) is 0 Å². The lowest BCUT2D eigenvalue weighted by Crippen LogP contribution is -2.51. The first-order valence-electron chi connectivity index (χ1n) is 9.50. The Balaban J connectivity index is 1.85. The molecule has 21 heavy (non-hydrogen) atoms. The standard InChI is InChI=1S/C19H38N2/c1-5-11-20-18-8-12-21(14-17(18)4)15-19(13-16(2)3)9-6-7-10-19/h16-18,20H,5-15H2,1-4H3. The maximum atomic E-state index is 3.75. The van der Waals surface area contributed by atoms with Crippen LogP contribution in [0.3, 0.4) is 0 Å². The SMILES string of the molecule is CCCNC1CCN(CC2(CC(C)C)CCCC2)CC1C. The molecule has 124 valence electrons. The van der Waals surface area contributed by atoms with Crippen molar-refractivity contribution in [2.45, 2.75) is 78.7 Å². The molecule has 1 N–H and O–H groups in total. The summed E-state index contributed by atoms with van der Waals surface area (Å²) in [6.07, 6.45) is 9.94. The molecule has 2 fully saturated rings. The number of hydrogen-bond acceptors (Lipinski definition) is 2. The lowest BCUT2D eigenvalue weighted by molar-refractivity contribution is 0.0788. The second kappa shape index (κ2) is 7.97. The fraction of sp³-hybridized carbons (Fsp3) is 1.00. The average Bonchev–Trinajstić information content (AvgIpc) is 2.85. The van der Waals surface area contributed by atoms with E-state index in [-0.39, 0.29) is 0 Å². The summed E-state index contributed by atoms with van der Waals surface area (Å²) in [7, 11) is 0. The third kappa shape index (κ3) is 4.96. The average molecular weight is 295 g/mol. The molecular weight excluding hydrogens is 256 g/mol. The molecule has 1 saturated carbocycles. The van der Waals surface area contributed by atoms with Gasteiger partial charge in [-0.3, -0.25) is 0 Å². The normalized spacial score (nSPS) is 30.1. The van der Waals surface area contributed by atoms with Crippen LogP contribution in [-0.4, -0.2) is 37.1 Å². The molecule has 0 amide bonds. The van der Waals surface area contributed by atoms with E-state index in [1.807, 2.05) is 0 Å². The third-order valence-electron chi connectivity index (χ3n) is 5.71. The van der Waals surface area contributed by atoms with Gasteiger partial charge in [0.2, 0.25) is 0 Å². The van der Waals surface area contributed by atoms with Crippen LogP contribution in [-0.2, 0) is 0 Å². The first-order chi connectivity index (χ1) is 10.0. The molecule has 0 radical (unpaired) electrons. The third-order valence-corrected chi connectivity index (χ3v) is 5.71. The zero-order valence-corrected chi connectivity index (χ0v) is 15.0. The van der Waals surface area contributed by atoms with Crippen LogP contribution in [0.1, 0.15) is 72.6 Å². The Labute approximate surface area is 133 Å². The highest BCUT2D eigenvalue weighted by atomic mass is 15.2. The Kier molecular flexibility index (Phi) is 6.55. The zero-order valence-electron chi connectivity index (χ0n) is 15.0. The minimum absolute atomic E-state index is 0.650. The monoisotopic (exact) mass is 294 g/mol. The summed E-state index contributed by atoms with van der Waals surface area (Å²) in [4.78, 5) is 2.79. The second-order valence-corrected chi connectivity index (χ2v) is 8.37. The Morgan fingerprint density at radius 2 is 1.95 bits per heavy atom. The van der Waals surface area contributed by atoms with Crippen molar-refractivity contribution in [1.29, 1.82) is 0 Å². The highest BCUT2D eigenvalue weighted by Gasteiger charge is 2.37. The summed E-state index contributed by atoms with van der Waals surface area (Å²) in [6.45, 7) is 14.7. The molecule has 2 atom stereocenters. The lowest BCUT2D eigenvalue weighted by atomic mass is 9.77. The molecule has 2 heteroatoms. The van der Waals surface area contributed by atoms with Crippen molar-refractivity contribution in [3.8, 4) is 0 Å². The molecule has 1 aliphatic heterocycles. The van der Waals surface area contributed by atoms with E-state index in [4.69, 9.17) is 0 Å². The maximum absolute atomic E-state index is 3.75. The van der Waals surface area contributed by atoms with Crippen molar-refractivity contribution in [2.75, 3.05) is 26.2 Å². The quantitative estimate of drug-likeness (QED) is 0.753. The van der Waals surface area contributed by atoms with Gasteiger partial charge >= 0.3 is 0 Å².